The maximum absolute atomic E-state index is 11.2. The zero-order valence-electron chi connectivity index (χ0n) is 10.9. The minimum Gasteiger partial charge on any atom is -0.476 e. The lowest BCUT2D eigenvalue weighted by Crippen LogP contribution is -2.02. The Hall–Kier alpha value is -2.40. The Bertz CT molecular complexity index is 797. The third kappa shape index (κ3) is 2.73. The van der Waals surface area contributed by atoms with Gasteiger partial charge in [-0.3, -0.25) is 0 Å². The van der Waals surface area contributed by atoms with Crippen LogP contribution in [0.2, 0.25) is 0 Å². The highest BCUT2D eigenvalue weighted by Crippen LogP contribution is 2.26. The molecule has 0 saturated carbocycles. The zero-order valence-corrected chi connectivity index (χ0v) is 12.5. The van der Waals surface area contributed by atoms with Crippen LogP contribution in [-0.2, 0) is 0 Å². The van der Waals surface area contributed by atoms with Gasteiger partial charge in [-0.15, -0.1) is 0 Å². The van der Waals surface area contributed by atoms with Gasteiger partial charge in [0.25, 0.3) is 0 Å². The van der Waals surface area contributed by atoms with E-state index in [1.165, 1.54) is 0 Å². The molecular formula is C16H11BrN2O2. The van der Waals surface area contributed by atoms with Crippen molar-refractivity contribution in [3.63, 3.8) is 0 Å². The molecule has 21 heavy (non-hydrogen) atoms. The molecule has 0 aliphatic carbocycles. The van der Waals surface area contributed by atoms with Crippen LogP contribution in [0.3, 0.4) is 0 Å². The standard InChI is InChI=1S/C16H11BrN2O2/c17-12-6-4-5-11(9-12)15-10-14(16(20)21)18-19(15)13-7-2-1-3-8-13/h1-10H,(H,20,21). The number of para-hydroxylation sites is 1. The Kier molecular flexibility index (Phi) is 3.58. The van der Waals surface area contributed by atoms with Gasteiger partial charge >= 0.3 is 5.97 Å². The van der Waals surface area contributed by atoms with Crippen LogP contribution in [0.4, 0.5) is 0 Å². The fourth-order valence-electron chi connectivity index (χ4n) is 2.11. The van der Waals surface area contributed by atoms with E-state index in [4.69, 9.17) is 0 Å². The van der Waals surface area contributed by atoms with E-state index in [0.29, 0.717) is 0 Å². The Labute approximate surface area is 129 Å². The molecule has 2 aromatic carbocycles. The summed E-state index contributed by atoms with van der Waals surface area (Å²) in [5.41, 5.74) is 2.47. The van der Waals surface area contributed by atoms with E-state index in [1.54, 1.807) is 10.7 Å². The van der Waals surface area contributed by atoms with Crippen LogP contribution in [0.25, 0.3) is 16.9 Å². The van der Waals surface area contributed by atoms with Gasteiger partial charge in [-0.05, 0) is 30.3 Å². The summed E-state index contributed by atoms with van der Waals surface area (Å²) in [4.78, 5) is 11.2. The smallest absolute Gasteiger partial charge is 0.356 e. The fourth-order valence-corrected chi connectivity index (χ4v) is 2.50. The lowest BCUT2D eigenvalue weighted by atomic mass is 10.1. The molecule has 1 N–H and O–H groups in total. The number of aromatic carboxylic acids is 1. The summed E-state index contributed by atoms with van der Waals surface area (Å²) in [5, 5.41) is 13.4. The number of carbonyl (C=O) groups is 1. The SMILES string of the molecule is O=C(O)c1cc(-c2cccc(Br)c2)n(-c2ccccc2)n1. The first-order chi connectivity index (χ1) is 10.1. The summed E-state index contributed by atoms with van der Waals surface area (Å²) in [6.45, 7) is 0. The summed E-state index contributed by atoms with van der Waals surface area (Å²) in [6.07, 6.45) is 0. The van der Waals surface area contributed by atoms with Crippen molar-refractivity contribution in [3.05, 3.63) is 70.8 Å². The molecule has 0 atom stereocenters. The molecule has 0 unspecified atom stereocenters. The summed E-state index contributed by atoms with van der Waals surface area (Å²) in [7, 11) is 0. The Balaban J connectivity index is 2.21. The number of halogens is 1. The first kappa shape index (κ1) is 13.6. The van der Waals surface area contributed by atoms with Crippen LogP contribution in [0, 0.1) is 0 Å². The number of rotatable bonds is 3. The Morgan fingerprint density at radius 2 is 1.81 bits per heavy atom. The second-order valence-electron chi connectivity index (χ2n) is 4.48. The molecule has 0 saturated heterocycles. The highest BCUT2D eigenvalue weighted by molar-refractivity contribution is 9.10. The van der Waals surface area contributed by atoms with Crippen molar-refractivity contribution in [2.24, 2.45) is 0 Å². The van der Waals surface area contributed by atoms with Gasteiger partial charge in [0.1, 0.15) is 0 Å². The highest BCUT2D eigenvalue weighted by atomic mass is 79.9. The predicted molar refractivity (Wildman–Crippen MR) is 83.7 cm³/mol. The van der Waals surface area contributed by atoms with E-state index in [1.807, 2.05) is 54.6 Å². The average molecular weight is 343 g/mol. The minimum absolute atomic E-state index is 0.0221. The van der Waals surface area contributed by atoms with Crippen molar-refractivity contribution < 1.29 is 9.90 Å². The third-order valence-electron chi connectivity index (χ3n) is 3.05. The highest BCUT2D eigenvalue weighted by Gasteiger charge is 2.15. The molecular weight excluding hydrogens is 332 g/mol. The monoisotopic (exact) mass is 342 g/mol. The summed E-state index contributed by atoms with van der Waals surface area (Å²) in [5.74, 6) is -1.04. The predicted octanol–water partition coefficient (Wildman–Crippen LogP) is 4.00. The number of nitrogens with zero attached hydrogens (tertiary/aromatic N) is 2. The molecule has 0 radical (unpaired) electrons. The number of benzene rings is 2. The summed E-state index contributed by atoms with van der Waals surface area (Å²) < 4.78 is 2.57. The molecule has 4 nitrogen and oxygen atoms in total. The van der Waals surface area contributed by atoms with E-state index < -0.39 is 5.97 Å². The first-order valence-electron chi connectivity index (χ1n) is 6.30. The molecule has 0 spiro atoms. The maximum atomic E-state index is 11.2. The molecule has 1 heterocycles. The molecule has 0 aliphatic heterocycles. The van der Waals surface area contributed by atoms with Gasteiger partial charge in [-0.25, -0.2) is 9.48 Å². The molecule has 104 valence electrons. The fraction of sp³-hybridized carbons (Fsp3) is 0. The Morgan fingerprint density at radius 3 is 2.48 bits per heavy atom. The number of hydrogen-bond donors (Lipinski definition) is 1. The maximum Gasteiger partial charge on any atom is 0.356 e. The van der Waals surface area contributed by atoms with Gasteiger partial charge in [0.2, 0.25) is 0 Å². The minimum atomic E-state index is -1.04. The first-order valence-corrected chi connectivity index (χ1v) is 7.09. The van der Waals surface area contributed by atoms with Crippen LogP contribution in [0.1, 0.15) is 10.5 Å². The lowest BCUT2D eigenvalue weighted by Gasteiger charge is -2.07. The topological polar surface area (TPSA) is 55.1 Å². The van der Waals surface area contributed by atoms with E-state index >= 15 is 0 Å². The normalized spacial score (nSPS) is 10.5. The molecule has 1 aromatic heterocycles. The largest absolute Gasteiger partial charge is 0.476 e. The second-order valence-corrected chi connectivity index (χ2v) is 5.39. The van der Waals surface area contributed by atoms with Crippen molar-refractivity contribution in [3.8, 4) is 16.9 Å². The van der Waals surface area contributed by atoms with Gasteiger partial charge in [0, 0.05) is 10.0 Å². The van der Waals surface area contributed by atoms with Crippen LogP contribution >= 0.6 is 15.9 Å². The van der Waals surface area contributed by atoms with Crippen molar-refractivity contribution in [2.45, 2.75) is 0 Å². The van der Waals surface area contributed by atoms with Gasteiger partial charge in [-0.1, -0.05) is 46.3 Å². The van der Waals surface area contributed by atoms with Crippen LogP contribution in [0.15, 0.2) is 65.1 Å². The summed E-state index contributed by atoms with van der Waals surface area (Å²) in [6, 6.07) is 18.7. The van der Waals surface area contributed by atoms with Crippen LogP contribution < -0.4 is 0 Å². The van der Waals surface area contributed by atoms with Crippen molar-refractivity contribution >= 4 is 21.9 Å². The lowest BCUT2D eigenvalue weighted by molar-refractivity contribution is 0.0690. The number of carboxylic acid groups (broad SMARTS) is 1. The number of aromatic nitrogens is 2. The second kappa shape index (κ2) is 5.54. The van der Waals surface area contributed by atoms with E-state index in [0.717, 1.165) is 21.4 Å². The van der Waals surface area contributed by atoms with Crippen molar-refractivity contribution in [1.29, 1.82) is 0 Å². The van der Waals surface area contributed by atoms with E-state index in [9.17, 15) is 9.90 Å². The average Bonchev–Trinajstić information content (AvgIpc) is 2.93. The van der Waals surface area contributed by atoms with Gasteiger partial charge < -0.3 is 5.11 Å². The summed E-state index contributed by atoms with van der Waals surface area (Å²) >= 11 is 3.43. The molecule has 0 amide bonds. The van der Waals surface area contributed by atoms with Gasteiger partial charge in [-0.2, -0.15) is 5.10 Å². The quantitative estimate of drug-likeness (QED) is 0.782. The van der Waals surface area contributed by atoms with Crippen molar-refractivity contribution in [2.75, 3.05) is 0 Å². The molecule has 3 aromatic rings. The molecule has 0 fully saturated rings. The molecule has 0 bridgehead atoms. The van der Waals surface area contributed by atoms with Gasteiger partial charge in [0.05, 0.1) is 11.4 Å². The number of hydrogen-bond acceptors (Lipinski definition) is 2. The zero-order chi connectivity index (χ0) is 14.8. The molecule has 5 heteroatoms. The van der Waals surface area contributed by atoms with Crippen LogP contribution in [-0.4, -0.2) is 20.9 Å². The van der Waals surface area contributed by atoms with Crippen molar-refractivity contribution in [1.82, 2.24) is 9.78 Å². The van der Waals surface area contributed by atoms with Crippen LogP contribution in [0.5, 0.6) is 0 Å². The third-order valence-corrected chi connectivity index (χ3v) is 3.54. The molecule has 0 aliphatic rings. The van der Waals surface area contributed by atoms with E-state index in [-0.39, 0.29) is 5.69 Å². The molecule has 3 rings (SSSR count). The van der Waals surface area contributed by atoms with Gasteiger partial charge in [0.15, 0.2) is 5.69 Å². The number of carboxylic acids is 1. The van der Waals surface area contributed by atoms with E-state index in [2.05, 4.69) is 21.0 Å². The Morgan fingerprint density at radius 1 is 1.05 bits per heavy atom.